The van der Waals surface area contributed by atoms with Crippen molar-refractivity contribution in [1.82, 2.24) is 9.78 Å². The lowest BCUT2D eigenvalue weighted by Crippen LogP contribution is -2.58. The molecule has 2 unspecified atom stereocenters. The van der Waals surface area contributed by atoms with Crippen LogP contribution >= 0.6 is 0 Å². The molecule has 0 fully saturated rings. The molecule has 3 rings (SSSR count). The minimum Gasteiger partial charge on any atom is -0.371 e. The molecule has 2 aromatic rings. The molecule has 0 saturated carbocycles. The predicted molar refractivity (Wildman–Crippen MR) is 72.8 cm³/mol. The van der Waals surface area contributed by atoms with Crippen molar-refractivity contribution in [2.24, 2.45) is 0 Å². The normalized spacial score (nSPS) is 28.1. The first-order valence-corrected chi connectivity index (χ1v) is 6.58. The molecule has 3 N–H and O–H groups in total. The lowest BCUT2D eigenvalue weighted by atomic mass is 9.98. The Bertz CT molecular complexity index is 697. The third-order valence-electron chi connectivity index (χ3n) is 3.57. The fraction of sp³-hybridized carbons (Fsp3) is 0.357. The molecule has 1 aromatic carbocycles. The van der Waals surface area contributed by atoms with E-state index in [1.807, 2.05) is 0 Å². The Morgan fingerprint density at radius 3 is 2.45 bits per heavy atom. The maximum atomic E-state index is 13.3. The molecular weight excluding hydrogens is 299 g/mol. The summed E-state index contributed by atoms with van der Waals surface area (Å²) >= 11 is 0. The van der Waals surface area contributed by atoms with Crippen LogP contribution in [0.3, 0.4) is 0 Å². The Balaban J connectivity index is 2.16. The van der Waals surface area contributed by atoms with Gasteiger partial charge >= 0.3 is 6.18 Å². The van der Waals surface area contributed by atoms with Crippen LogP contribution in [0.25, 0.3) is 11.3 Å². The number of halogens is 3. The number of aromatic nitrogens is 2. The fourth-order valence-corrected chi connectivity index (χ4v) is 2.60. The van der Waals surface area contributed by atoms with Crippen molar-refractivity contribution in [3.05, 3.63) is 36.4 Å². The Morgan fingerprint density at radius 1 is 1.23 bits per heavy atom. The molecule has 2 heterocycles. The Labute approximate surface area is 124 Å². The monoisotopic (exact) mass is 313 g/mol. The molecule has 2 atom stereocenters. The van der Waals surface area contributed by atoms with E-state index in [0.29, 0.717) is 10.2 Å². The standard InChI is InChI=1S/C14H14F3N3O2/c1-12(21)8-13(22,14(15,16)17)20-11(18-12)7-10(19-20)9-5-3-2-4-6-9/h2-7,18,21-22H,8H2,1H3. The molecular formula is C14H14F3N3O2. The van der Waals surface area contributed by atoms with Gasteiger partial charge < -0.3 is 15.5 Å². The maximum Gasteiger partial charge on any atom is 0.438 e. The molecule has 0 saturated heterocycles. The molecule has 1 aliphatic heterocycles. The van der Waals surface area contributed by atoms with Crippen molar-refractivity contribution in [2.45, 2.75) is 31.0 Å². The Kier molecular flexibility index (Phi) is 3.02. The van der Waals surface area contributed by atoms with E-state index < -0.39 is 24.0 Å². The summed E-state index contributed by atoms with van der Waals surface area (Å²) in [6, 6.07) is 9.98. The molecule has 118 valence electrons. The number of benzene rings is 1. The minimum absolute atomic E-state index is 0.102. The number of nitrogens with one attached hydrogen (secondary N) is 1. The second kappa shape index (κ2) is 4.47. The Morgan fingerprint density at radius 2 is 1.86 bits per heavy atom. The highest BCUT2D eigenvalue weighted by Crippen LogP contribution is 2.45. The van der Waals surface area contributed by atoms with Gasteiger partial charge in [0.05, 0.1) is 12.1 Å². The topological polar surface area (TPSA) is 70.3 Å². The number of anilines is 1. The SMILES string of the molecule is CC1(O)CC(O)(C(F)(F)F)n2nc(-c3ccccc3)cc2N1. The van der Waals surface area contributed by atoms with E-state index >= 15 is 0 Å². The summed E-state index contributed by atoms with van der Waals surface area (Å²) in [7, 11) is 0. The molecule has 22 heavy (non-hydrogen) atoms. The van der Waals surface area contributed by atoms with Gasteiger partial charge in [0.2, 0.25) is 0 Å². The first-order valence-electron chi connectivity index (χ1n) is 6.58. The number of nitrogens with zero attached hydrogens (tertiary/aromatic N) is 2. The molecule has 0 bridgehead atoms. The smallest absolute Gasteiger partial charge is 0.371 e. The van der Waals surface area contributed by atoms with Gasteiger partial charge in [-0.1, -0.05) is 30.3 Å². The first-order chi connectivity index (χ1) is 10.1. The highest BCUT2D eigenvalue weighted by Gasteiger charge is 2.62. The Hall–Kier alpha value is -2.06. The highest BCUT2D eigenvalue weighted by molar-refractivity contribution is 5.63. The van der Waals surface area contributed by atoms with E-state index in [9.17, 15) is 23.4 Å². The summed E-state index contributed by atoms with van der Waals surface area (Å²) in [5.41, 5.74) is -4.31. The fourth-order valence-electron chi connectivity index (χ4n) is 2.60. The van der Waals surface area contributed by atoms with Crippen LogP contribution in [0.1, 0.15) is 13.3 Å². The second-order valence-corrected chi connectivity index (χ2v) is 5.58. The van der Waals surface area contributed by atoms with Crippen LogP contribution in [0.15, 0.2) is 36.4 Å². The van der Waals surface area contributed by atoms with Crippen LogP contribution in [0.2, 0.25) is 0 Å². The number of hydrogen-bond acceptors (Lipinski definition) is 4. The minimum atomic E-state index is -4.98. The number of alkyl halides is 3. The van der Waals surface area contributed by atoms with Crippen LogP contribution in [-0.2, 0) is 5.72 Å². The summed E-state index contributed by atoms with van der Waals surface area (Å²) in [4.78, 5) is 0. The van der Waals surface area contributed by atoms with Crippen LogP contribution in [0.4, 0.5) is 19.0 Å². The zero-order valence-electron chi connectivity index (χ0n) is 11.6. The third-order valence-corrected chi connectivity index (χ3v) is 3.57. The average Bonchev–Trinajstić information content (AvgIpc) is 2.81. The molecule has 1 aromatic heterocycles. The van der Waals surface area contributed by atoms with Gasteiger partial charge in [-0.2, -0.15) is 18.3 Å². The van der Waals surface area contributed by atoms with Crippen LogP contribution in [-0.4, -0.2) is 31.9 Å². The van der Waals surface area contributed by atoms with Gasteiger partial charge in [-0.05, 0) is 6.92 Å². The number of fused-ring (bicyclic) bond motifs is 1. The van der Waals surface area contributed by atoms with Gasteiger partial charge in [0.25, 0.3) is 5.72 Å². The second-order valence-electron chi connectivity index (χ2n) is 5.58. The lowest BCUT2D eigenvalue weighted by Gasteiger charge is -2.42. The summed E-state index contributed by atoms with van der Waals surface area (Å²) in [6.07, 6.45) is -5.94. The molecule has 1 aliphatic rings. The number of hydrogen-bond donors (Lipinski definition) is 3. The first kappa shape index (κ1) is 14.9. The highest BCUT2D eigenvalue weighted by atomic mass is 19.4. The summed E-state index contributed by atoms with van der Waals surface area (Å²) in [5, 5.41) is 26.5. The van der Waals surface area contributed by atoms with E-state index in [1.165, 1.54) is 13.0 Å². The van der Waals surface area contributed by atoms with Crippen molar-refractivity contribution in [3.8, 4) is 11.3 Å². The number of rotatable bonds is 1. The predicted octanol–water partition coefficient (Wildman–Crippen LogP) is 2.28. The quantitative estimate of drug-likeness (QED) is 0.755. The molecule has 0 amide bonds. The maximum absolute atomic E-state index is 13.3. The van der Waals surface area contributed by atoms with E-state index in [1.54, 1.807) is 30.3 Å². The van der Waals surface area contributed by atoms with Crippen molar-refractivity contribution in [2.75, 3.05) is 5.32 Å². The molecule has 8 heteroatoms. The summed E-state index contributed by atoms with van der Waals surface area (Å²) < 4.78 is 40.4. The number of aliphatic hydroxyl groups is 2. The molecule has 0 aliphatic carbocycles. The van der Waals surface area contributed by atoms with Gasteiger partial charge in [-0.15, -0.1) is 0 Å². The summed E-state index contributed by atoms with van der Waals surface area (Å²) in [6.45, 7) is 1.17. The van der Waals surface area contributed by atoms with E-state index in [0.717, 1.165) is 0 Å². The van der Waals surface area contributed by atoms with Crippen molar-refractivity contribution >= 4 is 5.82 Å². The van der Waals surface area contributed by atoms with Crippen molar-refractivity contribution < 1.29 is 23.4 Å². The van der Waals surface area contributed by atoms with Gasteiger partial charge in [-0.25, -0.2) is 4.68 Å². The van der Waals surface area contributed by atoms with E-state index in [-0.39, 0.29) is 11.5 Å². The van der Waals surface area contributed by atoms with E-state index in [4.69, 9.17) is 0 Å². The lowest BCUT2D eigenvalue weighted by molar-refractivity contribution is -0.318. The third kappa shape index (κ3) is 2.24. The van der Waals surface area contributed by atoms with Gasteiger partial charge in [0.15, 0.2) is 0 Å². The molecule has 0 radical (unpaired) electrons. The van der Waals surface area contributed by atoms with Crippen LogP contribution in [0, 0.1) is 0 Å². The van der Waals surface area contributed by atoms with Crippen LogP contribution in [0.5, 0.6) is 0 Å². The van der Waals surface area contributed by atoms with Gasteiger partial charge in [-0.3, -0.25) is 0 Å². The van der Waals surface area contributed by atoms with Crippen LogP contribution < -0.4 is 5.32 Å². The van der Waals surface area contributed by atoms with Gasteiger partial charge in [0.1, 0.15) is 11.5 Å². The average molecular weight is 313 g/mol. The summed E-state index contributed by atoms with van der Waals surface area (Å²) in [5.74, 6) is -0.102. The van der Waals surface area contributed by atoms with E-state index in [2.05, 4.69) is 10.4 Å². The van der Waals surface area contributed by atoms with Crippen molar-refractivity contribution in [3.63, 3.8) is 0 Å². The largest absolute Gasteiger partial charge is 0.438 e. The molecule has 5 nitrogen and oxygen atoms in total. The van der Waals surface area contributed by atoms with Gasteiger partial charge in [0, 0.05) is 11.6 Å². The zero-order chi connectivity index (χ0) is 16.2. The van der Waals surface area contributed by atoms with Crippen molar-refractivity contribution in [1.29, 1.82) is 0 Å². The zero-order valence-corrected chi connectivity index (χ0v) is 11.6. The molecule has 0 spiro atoms.